The number of aromatic nitrogens is 3. The Labute approximate surface area is 191 Å². The van der Waals surface area contributed by atoms with Crippen molar-refractivity contribution in [2.45, 2.75) is 77.5 Å². The summed E-state index contributed by atoms with van der Waals surface area (Å²) in [5.41, 5.74) is 9.55. The number of anilines is 1. The van der Waals surface area contributed by atoms with E-state index in [1.807, 2.05) is 52.3 Å². The Morgan fingerprint density at radius 1 is 1.33 bits per heavy atom. The van der Waals surface area contributed by atoms with Gasteiger partial charge in [0.05, 0.1) is 18.0 Å². The second kappa shape index (κ2) is 8.14. The lowest BCUT2D eigenvalue weighted by molar-refractivity contribution is -0.195. The molecule has 0 aromatic carbocycles. The van der Waals surface area contributed by atoms with Crippen LogP contribution in [0.4, 0.5) is 10.6 Å². The molecule has 0 saturated carbocycles. The molecule has 12 nitrogen and oxygen atoms in total. The van der Waals surface area contributed by atoms with E-state index in [1.54, 1.807) is 7.05 Å². The van der Waals surface area contributed by atoms with E-state index in [1.165, 1.54) is 11.2 Å². The number of fused-ring (bicyclic) bond motifs is 2. The van der Waals surface area contributed by atoms with Gasteiger partial charge in [0.1, 0.15) is 29.8 Å². The molecule has 0 aliphatic carbocycles. The molecule has 0 N–H and O–H groups in total. The van der Waals surface area contributed by atoms with Gasteiger partial charge in [0.15, 0.2) is 17.8 Å². The molecule has 2 aromatic rings. The molecular formula is C21H29N7O5. The van der Waals surface area contributed by atoms with E-state index in [4.69, 9.17) is 24.5 Å². The van der Waals surface area contributed by atoms with E-state index in [-0.39, 0.29) is 6.54 Å². The minimum atomic E-state index is -0.805. The van der Waals surface area contributed by atoms with Gasteiger partial charge in [-0.2, -0.15) is 0 Å². The third-order valence-electron chi connectivity index (χ3n) is 5.49. The van der Waals surface area contributed by atoms with E-state index in [0.29, 0.717) is 16.9 Å². The molecule has 12 heteroatoms. The number of azide groups is 1. The highest BCUT2D eigenvalue weighted by atomic mass is 16.8. The highest BCUT2D eigenvalue weighted by Crippen LogP contribution is 2.44. The minimum absolute atomic E-state index is 0.118. The predicted molar refractivity (Wildman–Crippen MR) is 119 cm³/mol. The first-order valence-corrected chi connectivity index (χ1v) is 10.7. The van der Waals surface area contributed by atoms with Crippen molar-refractivity contribution in [3.05, 3.63) is 28.5 Å². The van der Waals surface area contributed by atoms with Gasteiger partial charge in [-0.05, 0) is 52.6 Å². The largest absolute Gasteiger partial charge is 0.443 e. The summed E-state index contributed by atoms with van der Waals surface area (Å²) in [6, 6.07) is 0. The Morgan fingerprint density at radius 2 is 2.03 bits per heavy atom. The Kier molecular flexibility index (Phi) is 5.73. The molecule has 0 spiro atoms. The molecule has 0 unspecified atom stereocenters. The Hall–Kier alpha value is -2.92. The molecule has 178 valence electrons. The summed E-state index contributed by atoms with van der Waals surface area (Å²) in [7, 11) is 1.61. The molecule has 0 radical (unpaired) electrons. The quantitative estimate of drug-likeness (QED) is 0.385. The summed E-state index contributed by atoms with van der Waals surface area (Å²) in [5, 5.41) is 4.37. The number of ether oxygens (including phenoxy) is 4. The van der Waals surface area contributed by atoms with Gasteiger partial charge < -0.3 is 23.5 Å². The van der Waals surface area contributed by atoms with Gasteiger partial charge in [0, 0.05) is 18.2 Å². The molecule has 2 aliphatic heterocycles. The van der Waals surface area contributed by atoms with Gasteiger partial charge in [0.2, 0.25) is 0 Å². The highest BCUT2D eigenvalue weighted by molar-refractivity contribution is 5.99. The summed E-state index contributed by atoms with van der Waals surface area (Å²) in [6.07, 6.45) is 0.889. The van der Waals surface area contributed by atoms with E-state index in [2.05, 4.69) is 20.0 Å². The van der Waals surface area contributed by atoms with Crippen molar-refractivity contribution in [1.29, 1.82) is 0 Å². The fourth-order valence-electron chi connectivity index (χ4n) is 4.26. The van der Waals surface area contributed by atoms with E-state index in [0.717, 1.165) is 5.56 Å². The standard InChI is InChI=1S/C21H29N7O5/c1-11-9-28(18-15-14(31-21(5,6)32-15)12(30-18)8-25-26-22)17-13(11)16(23-10-24-17)27(7)19(29)33-20(2,3)4/h9-10,12,14-15,18H,8H2,1-7H3/t12-,14-,15-,18-/m1/s1. The first kappa shape index (κ1) is 23.2. The lowest BCUT2D eigenvalue weighted by atomic mass is 10.1. The summed E-state index contributed by atoms with van der Waals surface area (Å²) < 4.78 is 25.8. The van der Waals surface area contributed by atoms with Gasteiger partial charge in [0.25, 0.3) is 0 Å². The van der Waals surface area contributed by atoms with Crippen LogP contribution in [0.5, 0.6) is 0 Å². The van der Waals surface area contributed by atoms with Crippen molar-refractivity contribution in [1.82, 2.24) is 14.5 Å². The number of amides is 1. The zero-order chi connectivity index (χ0) is 24.1. The average Bonchev–Trinajstić information content (AvgIpc) is 3.33. The molecule has 0 bridgehead atoms. The molecule has 2 aliphatic rings. The lowest BCUT2D eigenvalue weighted by Gasteiger charge is -2.25. The minimum Gasteiger partial charge on any atom is -0.443 e. The van der Waals surface area contributed by atoms with Crippen LogP contribution in [0.25, 0.3) is 21.5 Å². The maximum absolute atomic E-state index is 12.7. The lowest BCUT2D eigenvalue weighted by Crippen LogP contribution is -2.34. The van der Waals surface area contributed by atoms with Crippen LogP contribution in [0, 0.1) is 6.92 Å². The number of rotatable bonds is 4. The van der Waals surface area contributed by atoms with Gasteiger partial charge in [-0.15, -0.1) is 0 Å². The van der Waals surface area contributed by atoms with Crippen LogP contribution in [0.1, 0.15) is 46.4 Å². The van der Waals surface area contributed by atoms with Gasteiger partial charge in [-0.3, -0.25) is 4.90 Å². The molecule has 4 atom stereocenters. The number of hydrogen-bond acceptors (Lipinski definition) is 8. The van der Waals surface area contributed by atoms with Crippen LogP contribution >= 0.6 is 0 Å². The zero-order valence-corrected chi connectivity index (χ0v) is 19.8. The maximum atomic E-state index is 12.7. The van der Waals surface area contributed by atoms with Crippen molar-refractivity contribution < 1.29 is 23.7 Å². The van der Waals surface area contributed by atoms with Crippen molar-refractivity contribution in [3.63, 3.8) is 0 Å². The fourth-order valence-corrected chi connectivity index (χ4v) is 4.26. The molecule has 2 fully saturated rings. The van der Waals surface area contributed by atoms with Crippen LogP contribution in [-0.2, 0) is 18.9 Å². The number of carbonyl (C=O) groups excluding carboxylic acids is 1. The number of hydrogen-bond donors (Lipinski definition) is 0. The topological polar surface area (TPSA) is 137 Å². The van der Waals surface area contributed by atoms with E-state index in [9.17, 15) is 4.79 Å². The molecular weight excluding hydrogens is 430 g/mol. The first-order chi connectivity index (χ1) is 15.4. The van der Waals surface area contributed by atoms with Gasteiger partial charge in [-0.1, -0.05) is 5.11 Å². The van der Waals surface area contributed by atoms with Crippen molar-refractivity contribution in [3.8, 4) is 0 Å². The van der Waals surface area contributed by atoms with E-state index >= 15 is 0 Å². The summed E-state index contributed by atoms with van der Waals surface area (Å²) in [4.78, 5) is 25.7. The Balaban J connectivity index is 1.73. The molecule has 2 aromatic heterocycles. The Bertz CT molecular complexity index is 1120. The molecule has 4 rings (SSSR count). The summed E-state index contributed by atoms with van der Waals surface area (Å²) in [5.74, 6) is -0.379. The number of nitrogens with zero attached hydrogens (tertiary/aromatic N) is 7. The average molecular weight is 460 g/mol. The van der Waals surface area contributed by atoms with Crippen LogP contribution in [-0.4, -0.2) is 63.9 Å². The highest BCUT2D eigenvalue weighted by Gasteiger charge is 2.55. The van der Waals surface area contributed by atoms with Crippen LogP contribution in [0.3, 0.4) is 0 Å². The molecule has 4 heterocycles. The molecule has 1 amide bonds. The first-order valence-electron chi connectivity index (χ1n) is 10.7. The predicted octanol–water partition coefficient (Wildman–Crippen LogP) is 3.84. The number of aryl methyl sites for hydroxylation is 1. The van der Waals surface area contributed by atoms with Gasteiger partial charge in [-0.25, -0.2) is 14.8 Å². The SMILES string of the molecule is Cc1cn([C@@H]2O[C@H](CN=[N+]=[N-])[C@H]3OC(C)(C)O[C@H]32)c2ncnc(N(C)C(=O)OC(C)(C)C)c12. The zero-order valence-electron chi connectivity index (χ0n) is 19.8. The van der Waals surface area contributed by atoms with Gasteiger partial charge >= 0.3 is 6.09 Å². The third kappa shape index (κ3) is 4.34. The second-order valence-electron chi connectivity index (χ2n) is 9.70. The number of carbonyl (C=O) groups is 1. The molecule has 33 heavy (non-hydrogen) atoms. The van der Waals surface area contributed by atoms with Crippen LogP contribution < -0.4 is 4.90 Å². The molecule has 2 saturated heterocycles. The summed E-state index contributed by atoms with van der Waals surface area (Å²) >= 11 is 0. The van der Waals surface area contributed by atoms with Crippen LogP contribution in [0.2, 0.25) is 0 Å². The normalized spacial score (nSPS) is 26.2. The smallest absolute Gasteiger partial charge is 0.415 e. The Morgan fingerprint density at radius 3 is 2.70 bits per heavy atom. The monoisotopic (exact) mass is 459 g/mol. The fraction of sp³-hybridized carbons (Fsp3) is 0.667. The van der Waals surface area contributed by atoms with Crippen molar-refractivity contribution >= 4 is 22.9 Å². The van der Waals surface area contributed by atoms with Crippen molar-refractivity contribution in [2.75, 3.05) is 18.5 Å². The van der Waals surface area contributed by atoms with Crippen LogP contribution in [0.15, 0.2) is 17.6 Å². The second-order valence-corrected chi connectivity index (χ2v) is 9.70. The summed E-state index contributed by atoms with van der Waals surface area (Å²) in [6.45, 7) is 11.1. The van der Waals surface area contributed by atoms with Crippen molar-refractivity contribution in [2.24, 2.45) is 5.11 Å². The third-order valence-corrected chi connectivity index (χ3v) is 5.49. The van der Waals surface area contributed by atoms with E-state index < -0.39 is 42.0 Å². The maximum Gasteiger partial charge on any atom is 0.415 e.